The van der Waals surface area contributed by atoms with Crippen molar-refractivity contribution in [3.05, 3.63) is 39.4 Å². The van der Waals surface area contributed by atoms with Gasteiger partial charge in [0.25, 0.3) is 5.16 Å². The molecule has 0 spiro atoms. The number of aryl methyl sites for hydroxylation is 1. The van der Waals surface area contributed by atoms with Crippen LogP contribution in [0, 0.1) is 10.1 Å². The number of nitrogens with one attached hydrogen (secondary N) is 1. The highest BCUT2D eigenvalue weighted by atomic mass is 32.2. The summed E-state index contributed by atoms with van der Waals surface area (Å²) in [4.78, 5) is 57.4. The summed E-state index contributed by atoms with van der Waals surface area (Å²) in [5, 5.41) is 32.8. The zero-order chi connectivity index (χ0) is 31.7. The molecule has 2 heterocycles. The van der Waals surface area contributed by atoms with E-state index in [1.54, 1.807) is 19.2 Å². The van der Waals surface area contributed by atoms with Gasteiger partial charge in [0.1, 0.15) is 11.9 Å². The topological polar surface area (TPSA) is 247 Å². The predicted octanol–water partition coefficient (Wildman–Crippen LogP) is 1.84. The van der Waals surface area contributed by atoms with Gasteiger partial charge in [-0.3, -0.25) is 30.0 Å². The lowest BCUT2D eigenvalue weighted by Crippen LogP contribution is -2.29. The van der Waals surface area contributed by atoms with Gasteiger partial charge in [-0.1, -0.05) is 6.07 Å². The van der Waals surface area contributed by atoms with Crippen molar-refractivity contribution in [2.75, 3.05) is 19.4 Å². The molecule has 3 N–H and O–H groups in total. The van der Waals surface area contributed by atoms with Crippen molar-refractivity contribution in [3.63, 3.8) is 0 Å². The number of nitro groups is 1. The van der Waals surface area contributed by atoms with Gasteiger partial charge in [0.05, 0.1) is 11.5 Å². The summed E-state index contributed by atoms with van der Waals surface area (Å²) in [7, 11) is -4.25. The van der Waals surface area contributed by atoms with Gasteiger partial charge in [-0.15, -0.1) is 0 Å². The van der Waals surface area contributed by atoms with E-state index in [1.165, 1.54) is 12.1 Å². The molecule has 17 nitrogen and oxygen atoms in total. The first-order chi connectivity index (χ1) is 20.3. The monoisotopic (exact) mass is 623 g/mol. The number of carbonyl (C=O) groups excluding carboxylic acids is 1. The van der Waals surface area contributed by atoms with E-state index < -0.39 is 80.4 Å². The van der Waals surface area contributed by atoms with E-state index in [2.05, 4.69) is 20.3 Å². The van der Waals surface area contributed by atoms with E-state index in [0.29, 0.717) is 30.3 Å². The van der Waals surface area contributed by atoms with Crippen LogP contribution in [0.25, 0.3) is 0 Å². The summed E-state index contributed by atoms with van der Waals surface area (Å²) in [6.45, 7) is 2.47. The number of aliphatic carboxylic acids is 2. The van der Waals surface area contributed by atoms with E-state index in [4.69, 9.17) is 19.3 Å². The molecule has 0 fully saturated rings. The van der Waals surface area contributed by atoms with Crippen molar-refractivity contribution in [2.24, 2.45) is 4.99 Å². The van der Waals surface area contributed by atoms with Gasteiger partial charge >= 0.3 is 35.4 Å². The first-order valence-corrected chi connectivity index (χ1v) is 14.8. The Hall–Kier alpha value is -4.71. The average Bonchev–Trinajstić information content (AvgIpc) is 2.93. The predicted molar refractivity (Wildman–Crippen MR) is 146 cm³/mol. The van der Waals surface area contributed by atoms with E-state index in [1.807, 2.05) is 0 Å². The second kappa shape index (κ2) is 14.5. The molecular weight excluding hydrogens is 594 g/mol. The number of esters is 1. The molecule has 43 heavy (non-hydrogen) atoms. The van der Waals surface area contributed by atoms with Gasteiger partial charge in [-0.05, 0) is 43.0 Å². The fraction of sp³-hybridized carbons (Fsp3) is 0.440. The Morgan fingerprint density at radius 2 is 1.88 bits per heavy atom. The lowest BCUT2D eigenvalue weighted by molar-refractivity contribution is -0.387. The fourth-order valence-corrected chi connectivity index (χ4v) is 4.35. The van der Waals surface area contributed by atoms with E-state index in [0.717, 1.165) is 0 Å². The number of hydrogen-bond acceptors (Lipinski definition) is 14. The Bertz CT molecular complexity index is 1530. The molecule has 2 unspecified atom stereocenters. The molecule has 18 heteroatoms. The minimum atomic E-state index is -4.25. The Morgan fingerprint density at radius 1 is 1.16 bits per heavy atom. The maximum absolute atomic E-state index is 12.4. The highest BCUT2D eigenvalue weighted by Gasteiger charge is 2.34. The van der Waals surface area contributed by atoms with Gasteiger partial charge < -0.3 is 24.4 Å². The lowest BCUT2D eigenvalue weighted by atomic mass is 10.0. The first kappa shape index (κ1) is 32.8. The van der Waals surface area contributed by atoms with Gasteiger partial charge in [0, 0.05) is 38.3 Å². The van der Waals surface area contributed by atoms with Crippen molar-refractivity contribution < 1.29 is 52.1 Å². The van der Waals surface area contributed by atoms with Crippen LogP contribution in [0.15, 0.2) is 28.3 Å². The molecule has 0 saturated heterocycles. The number of benzene rings is 1. The van der Waals surface area contributed by atoms with Crippen molar-refractivity contribution in [1.82, 2.24) is 15.3 Å². The minimum Gasteiger partial charge on any atom is -0.481 e. The molecule has 2 atom stereocenters. The Morgan fingerprint density at radius 3 is 2.47 bits per heavy atom. The van der Waals surface area contributed by atoms with Crippen molar-refractivity contribution in [1.29, 1.82) is 0 Å². The number of aromatic nitrogens is 2. The largest absolute Gasteiger partial charge is 0.481 e. The van der Waals surface area contributed by atoms with Gasteiger partial charge in [-0.25, -0.2) is 13.2 Å². The number of ether oxygens (including phenoxy) is 3. The molecule has 1 aliphatic rings. The Labute approximate surface area is 245 Å². The van der Waals surface area contributed by atoms with Crippen LogP contribution in [0.2, 0.25) is 0 Å². The van der Waals surface area contributed by atoms with Gasteiger partial charge in [-0.2, -0.15) is 9.97 Å². The lowest BCUT2D eigenvalue weighted by Gasteiger charge is -2.20. The molecule has 0 amide bonds. The molecule has 0 aliphatic carbocycles. The maximum atomic E-state index is 12.4. The van der Waals surface area contributed by atoms with Crippen molar-refractivity contribution >= 4 is 39.6 Å². The van der Waals surface area contributed by atoms with Crippen molar-refractivity contribution in [3.8, 4) is 17.5 Å². The number of carbonyl (C=O) groups is 3. The molecule has 0 bridgehead atoms. The Balaban J connectivity index is 2.12. The molecular formula is C25H29N5O12S. The average molecular weight is 624 g/mol. The molecule has 0 radical (unpaired) electrons. The number of nitrogens with zero attached hydrogens (tertiary/aromatic N) is 4. The zero-order valence-electron chi connectivity index (χ0n) is 23.1. The van der Waals surface area contributed by atoms with Crippen LogP contribution in [0.3, 0.4) is 0 Å². The van der Waals surface area contributed by atoms with E-state index in [-0.39, 0.29) is 25.2 Å². The van der Waals surface area contributed by atoms with Crippen LogP contribution in [0.1, 0.15) is 49.9 Å². The summed E-state index contributed by atoms with van der Waals surface area (Å²) in [6.07, 6.45) is -0.416. The smallest absolute Gasteiger partial charge is 0.392 e. The number of carboxylic acid groups (broad SMARTS) is 2. The normalized spacial score (nSPS) is 15.3. The molecule has 2 aromatic rings. The van der Waals surface area contributed by atoms with Crippen LogP contribution in [-0.2, 0) is 35.4 Å². The quantitative estimate of drug-likeness (QED) is 0.111. The number of rotatable bonds is 15. The second-order valence-electron chi connectivity index (χ2n) is 9.17. The summed E-state index contributed by atoms with van der Waals surface area (Å²) in [6, 6.07) is 4.68. The third kappa shape index (κ3) is 9.40. The van der Waals surface area contributed by atoms with Crippen LogP contribution < -0.4 is 14.8 Å². The molecule has 1 aliphatic heterocycles. The molecule has 3 rings (SSSR count). The first-order valence-electron chi connectivity index (χ1n) is 12.9. The van der Waals surface area contributed by atoms with Gasteiger partial charge in [0.15, 0.2) is 6.10 Å². The van der Waals surface area contributed by atoms with Crippen LogP contribution in [0.4, 0.5) is 5.69 Å². The summed E-state index contributed by atoms with van der Waals surface area (Å²) >= 11 is 0. The number of sulfone groups is 1. The van der Waals surface area contributed by atoms with E-state index in [9.17, 15) is 38.0 Å². The molecule has 0 saturated carbocycles. The maximum Gasteiger partial charge on any atom is 0.392 e. The standard InChI is InChI=1S/C25H29N5O12S/c1-3-40-19(33)8-5-14-11-15(21-26-9-4-10-27-21)13-16(12-14)41-22-20(30(36)37)23(29-25(28-22)43(2,38)39)42-17(24(34)35)6-7-18(31)32/h9,11-13,17,21,27H,3-8,10H2,1-2H3,(H,31,32)(H,34,35). The van der Waals surface area contributed by atoms with E-state index >= 15 is 0 Å². The molecule has 1 aromatic carbocycles. The number of carboxylic acids is 2. The third-order valence-corrected chi connectivity index (χ3v) is 6.62. The fourth-order valence-electron chi connectivity index (χ4n) is 3.85. The van der Waals surface area contributed by atoms with Crippen LogP contribution in [-0.4, -0.2) is 83.2 Å². The van der Waals surface area contributed by atoms with Crippen molar-refractivity contribution in [2.45, 2.75) is 56.5 Å². The highest BCUT2D eigenvalue weighted by molar-refractivity contribution is 7.90. The van der Waals surface area contributed by atoms with Gasteiger partial charge in [0.2, 0.25) is 9.84 Å². The minimum absolute atomic E-state index is 0.00881. The third-order valence-electron chi connectivity index (χ3n) is 5.77. The van der Waals surface area contributed by atoms with Crippen LogP contribution >= 0.6 is 0 Å². The summed E-state index contributed by atoms with van der Waals surface area (Å²) in [5.74, 6) is -5.46. The molecule has 1 aromatic heterocycles. The second-order valence-corrected chi connectivity index (χ2v) is 11.1. The highest BCUT2D eigenvalue weighted by Crippen LogP contribution is 2.39. The SMILES string of the molecule is CCOC(=O)CCc1cc(Oc2nc(S(C)(=O)=O)nc(OC(CCC(=O)O)C(=O)O)c2[N+](=O)[O-])cc(C2N=CCCN2)c1. The summed E-state index contributed by atoms with van der Waals surface area (Å²) < 4.78 is 40.6. The molecule has 232 valence electrons. The van der Waals surface area contributed by atoms with Crippen LogP contribution in [0.5, 0.6) is 17.5 Å². The number of hydrogen-bond donors (Lipinski definition) is 3. The summed E-state index contributed by atoms with van der Waals surface area (Å²) in [5.41, 5.74) is 0.0176. The zero-order valence-corrected chi connectivity index (χ0v) is 23.9. The number of aliphatic imine (C=N–C) groups is 1. The Kier molecular flexibility index (Phi) is 11.0.